The summed E-state index contributed by atoms with van der Waals surface area (Å²) in [4.78, 5) is 22.5. The molecule has 0 amide bonds. The van der Waals surface area contributed by atoms with Gasteiger partial charge in [0.2, 0.25) is 0 Å². The Morgan fingerprint density at radius 3 is 2.42 bits per heavy atom. The number of carbonyl (C=O) groups is 2. The summed E-state index contributed by atoms with van der Waals surface area (Å²) in [5.41, 5.74) is 1.91. The molecular formula is C14H17NO4. The number of hydrogen-bond donors (Lipinski definition) is 1. The first-order valence-electron chi connectivity index (χ1n) is 5.87. The standard InChI is InChI=1S/C14H17NO4/c1-4-19-14(17)11-5-7-12(8-6-11)15-10(2)9-13(16)18-3/h5-9,15H,4H2,1-3H3. The Balaban J connectivity index is 2.69. The van der Waals surface area contributed by atoms with E-state index in [1.807, 2.05) is 0 Å². The molecule has 102 valence electrons. The Morgan fingerprint density at radius 2 is 1.89 bits per heavy atom. The molecule has 0 unspecified atom stereocenters. The van der Waals surface area contributed by atoms with Crippen molar-refractivity contribution in [1.29, 1.82) is 0 Å². The number of esters is 2. The van der Waals surface area contributed by atoms with Gasteiger partial charge in [0.05, 0.1) is 19.3 Å². The summed E-state index contributed by atoms with van der Waals surface area (Å²) in [5, 5.41) is 3.01. The van der Waals surface area contributed by atoms with Gasteiger partial charge in [0.1, 0.15) is 0 Å². The van der Waals surface area contributed by atoms with Crippen LogP contribution in [0.1, 0.15) is 24.2 Å². The second-order valence-electron chi connectivity index (χ2n) is 3.77. The van der Waals surface area contributed by atoms with Gasteiger partial charge in [-0.15, -0.1) is 0 Å². The fraction of sp³-hybridized carbons (Fsp3) is 0.286. The van der Waals surface area contributed by atoms with Crippen LogP contribution in [-0.4, -0.2) is 25.7 Å². The summed E-state index contributed by atoms with van der Waals surface area (Å²) in [6.07, 6.45) is 1.35. The van der Waals surface area contributed by atoms with Gasteiger partial charge in [0.25, 0.3) is 0 Å². The zero-order valence-electron chi connectivity index (χ0n) is 11.2. The maximum absolute atomic E-state index is 11.4. The van der Waals surface area contributed by atoms with Crippen LogP contribution in [0.15, 0.2) is 36.0 Å². The van der Waals surface area contributed by atoms with E-state index in [1.54, 1.807) is 38.1 Å². The molecule has 0 bridgehead atoms. The summed E-state index contributed by atoms with van der Waals surface area (Å²) in [5.74, 6) is -0.774. The van der Waals surface area contributed by atoms with Gasteiger partial charge in [0, 0.05) is 17.5 Å². The zero-order chi connectivity index (χ0) is 14.3. The number of carbonyl (C=O) groups excluding carboxylic acids is 2. The van der Waals surface area contributed by atoms with Gasteiger partial charge >= 0.3 is 11.9 Å². The van der Waals surface area contributed by atoms with Gasteiger partial charge in [-0.25, -0.2) is 9.59 Å². The molecule has 0 saturated carbocycles. The maximum atomic E-state index is 11.4. The summed E-state index contributed by atoms with van der Waals surface area (Å²) >= 11 is 0. The fourth-order valence-corrected chi connectivity index (χ4v) is 1.40. The van der Waals surface area contributed by atoms with Crippen LogP contribution in [0.25, 0.3) is 0 Å². The largest absolute Gasteiger partial charge is 0.466 e. The van der Waals surface area contributed by atoms with Gasteiger partial charge in [-0.3, -0.25) is 0 Å². The number of benzene rings is 1. The van der Waals surface area contributed by atoms with Crippen LogP contribution in [0.2, 0.25) is 0 Å². The molecule has 1 aromatic rings. The minimum absolute atomic E-state index is 0.347. The average molecular weight is 263 g/mol. The van der Waals surface area contributed by atoms with Crippen molar-refractivity contribution in [2.45, 2.75) is 13.8 Å². The minimum Gasteiger partial charge on any atom is -0.466 e. The summed E-state index contributed by atoms with van der Waals surface area (Å²) in [7, 11) is 1.32. The highest BCUT2D eigenvalue weighted by Gasteiger charge is 2.05. The molecule has 0 aliphatic rings. The minimum atomic E-state index is -0.423. The Kier molecular flexibility index (Phi) is 5.60. The smallest absolute Gasteiger partial charge is 0.338 e. The van der Waals surface area contributed by atoms with E-state index in [0.717, 1.165) is 5.69 Å². The van der Waals surface area contributed by atoms with Crippen LogP contribution < -0.4 is 5.32 Å². The van der Waals surface area contributed by atoms with Crippen molar-refractivity contribution in [1.82, 2.24) is 0 Å². The molecule has 19 heavy (non-hydrogen) atoms. The predicted molar refractivity (Wildman–Crippen MR) is 71.8 cm³/mol. The first-order chi connectivity index (χ1) is 9.06. The van der Waals surface area contributed by atoms with E-state index in [4.69, 9.17) is 4.74 Å². The summed E-state index contributed by atoms with van der Waals surface area (Å²) in [6, 6.07) is 6.79. The predicted octanol–water partition coefficient (Wildman–Crippen LogP) is 2.35. The van der Waals surface area contributed by atoms with E-state index in [1.165, 1.54) is 13.2 Å². The monoisotopic (exact) mass is 263 g/mol. The molecule has 0 atom stereocenters. The number of methoxy groups -OCH3 is 1. The first-order valence-corrected chi connectivity index (χ1v) is 5.87. The molecule has 0 saturated heterocycles. The van der Waals surface area contributed by atoms with Crippen LogP contribution in [0.4, 0.5) is 5.69 Å². The number of allylic oxidation sites excluding steroid dienone is 1. The molecule has 1 N–H and O–H groups in total. The van der Waals surface area contributed by atoms with Gasteiger partial charge in [-0.2, -0.15) is 0 Å². The highest BCUT2D eigenvalue weighted by atomic mass is 16.5. The Hall–Kier alpha value is -2.30. The lowest BCUT2D eigenvalue weighted by Crippen LogP contribution is -2.05. The third-order valence-electron chi connectivity index (χ3n) is 2.27. The lowest BCUT2D eigenvalue weighted by atomic mass is 10.2. The lowest BCUT2D eigenvalue weighted by molar-refractivity contribution is -0.134. The molecule has 0 aromatic heterocycles. The van der Waals surface area contributed by atoms with Crippen molar-refractivity contribution in [3.05, 3.63) is 41.6 Å². The second-order valence-corrected chi connectivity index (χ2v) is 3.77. The third kappa shape index (κ3) is 4.83. The molecule has 5 nitrogen and oxygen atoms in total. The van der Waals surface area contributed by atoms with Crippen LogP contribution in [0.3, 0.4) is 0 Å². The quantitative estimate of drug-likeness (QED) is 0.652. The van der Waals surface area contributed by atoms with Crippen molar-refractivity contribution in [3.63, 3.8) is 0 Å². The number of hydrogen-bond acceptors (Lipinski definition) is 5. The SMILES string of the molecule is CCOC(=O)c1ccc(NC(C)=CC(=O)OC)cc1. The van der Waals surface area contributed by atoms with Crippen molar-refractivity contribution in [2.24, 2.45) is 0 Å². The molecule has 0 heterocycles. The van der Waals surface area contributed by atoms with E-state index in [-0.39, 0.29) is 5.97 Å². The third-order valence-corrected chi connectivity index (χ3v) is 2.27. The lowest BCUT2D eigenvalue weighted by Gasteiger charge is -2.07. The van der Waals surface area contributed by atoms with E-state index in [0.29, 0.717) is 17.9 Å². The van der Waals surface area contributed by atoms with Crippen molar-refractivity contribution < 1.29 is 19.1 Å². The zero-order valence-corrected chi connectivity index (χ0v) is 11.2. The van der Waals surface area contributed by atoms with Crippen LogP contribution in [0, 0.1) is 0 Å². The topological polar surface area (TPSA) is 64.6 Å². The van der Waals surface area contributed by atoms with Crippen molar-refractivity contribution in [3.8, 4) is 0 Å². The number of ether oxygens (including phenoxy) is 2. The Labute approximate surface area is 112 Å². The average Bonchev–Trinajstić information content (AvgIpc) is 2.39. The fourth-order valence-electron chi connectivity index (χ4n) is 1.40. The van der Waals surface area contributed by atoms with Crippen LogP contribution in [-0.2, 0) is 14.3 Å². The molecule has 5 heteroatoms. The van der Waals surface area contributed by atoms with Crippen LogP contribution >= 0.6 is 0 Å². The molecule has 0 fully saturated rings. The molecule has 1 aromatic carbocycles. The summed E-state index contributed by atoms with van der Waals surface area (Å²) < 4.78 is 9.40. The number of nitrogens with one attached hydrogen (secondary N) is 1. The Bertz CT molecular complexity index is 477. The second kappa shape index (κ2) is 7.20. The number of anilines is 1. The molecule has 0 spiro atoms. The van der Waals surface area contributed by atoms with Gasteiger partial charge in [-0.1, -0.05) is 0 Å². The summed E-state index contributed by atoms with van der Waals surface area (Å²) in [6.45, 7) is 3.85. The Morgan fingerprint density at radius 1 is 1.26 bits per heavy atom. The molecule has 0 aliphatic heterocycles. The van der Waals surface area contributed by atoms with E-state index in [2.05, 4.69) is 10.1 Å². The van der Waals surface area contributed by atoms with Gasteiger partial charge in [-0.05, 0) is 38.1 Å². The molecule has 1 rings (SSSR count). The molecule has 0 radical (unpaired) electrons. The van der Waals surface area contributed by atoms with Crippen molar-refractivity contribution >= 4 is 17.6 Å². The molecular weight excluding hydrogens is 246 g/mol. The van der Waals surface area contributed by atoms with E-state index >= 15 is 0 Å². The normalized spacial score (nSPS) is 10.8. The highest BCUT2D eigenvalue weighted by molar-refractivity contribution is 5.89. The van der Waals surface area contributed by atoms with E-state index in [9.17, 15) is 9.59 Å². The van der Waals surface area contributed by atoms with Gasteiger partial charge < -0.3 is 14.8 Å². The number of rotatable bonds is 5. The van der Waals surface area contributed by atoms with Crippen molar-refractivity contribution in [2.75, 3.05) is 19.0 Å². The van der Waals surface area contributed by atoms with Gasteiger partial charge in [0.15, 0.2) is 0 Å². The maximum Gasteiger partial charge on any atom is 0.338 e. The van der Waals surface area contributed by atoms with E-state index < -0.39 is 5.97 Å². The highest BCUT2D eigenvalue weighted by Crippen LogP contribution is 2.12. The first kappa shape index (κ1) is 14.8. The molecule has 0 aliphatic carbocycles. The van der Waals surface area contributed by atoms with Crippen LogP contribution in [0.5, 0.6) is 0 Å².